The van der Waals surface area contributed by atoms with Crippen molar-refractivity contribution in [3.63, 3.8) is 0 Å². The van der Waals surface area contributed by atoms with Gasteiger partial charge in [0.15, 0.2) is 5.16 Å². The van der Waals surface area contributed by atoms with E-state index in [1.165, 1.54) is 23.4 Å². The Bertz CT molecular complexity index is 1430. The molecule has 0 aliphatic rings. The summed E-state index contributed by atoms with van der Waals surface area (Å²) in [6.07, 6.45) is 0. The summed E-state index contributed by atoms with van der Waals surface area (Å²) in [6.45, 7) is 0.300. The van der Waals surface area contributed by atoms with Gasteiger partial charge < -0.3 is 14.8 Å². The number of carbonyl (C=O) groups excluding carboxylic acids is 2. The zero-order chi connectivity index (χ0) is 24.8. The third kappa shape index (κ3) is 5.52. The van der Waals surface area contributed by atoms with Gasteiger partial charge in [0.1, 0.15) is 5.75 Å². The highest BCUT2D eigenvalue weighted by molar-refractivity contribution is 7.99. The molecule has 1 N–H and O–H groups in total. The largest absolute Gasteiger partial charge is 0.497 e. The Morgan fingerprint density at radius 3 is 2.51 bits per heavy atom. The number of para-hydroxylation sites is 1. The van der Waals surface area contributed by atoms with Gasteiger partial charge in [-0.2, -0.15) is 0 Å². The maximum Gasteiger partial charge on any atom is 0.337 e. The minimum absolute atomic E-state index is 0.0645. The lowest BCUT2D eigenvalue weighted by molar-refractivity contribution is -0.118. The number of hydrogen-bond acceptors (Lipinski definition) is 7. The molecule has 35 heavy (non-hydrogen) atoms. The summed E-state index contributed by atoms with van der Waals surface area (Å²) in [6, 6.07) is 21.0. The average Bonchev–Trinajstić information content (AvgIpc) is 2.90. The maximum absolute atomic E-state index is 13.3. The van der Waals surface area contributed by atoms with E-state index in [0.29, 0.717) is 39.6 Å². The number of nitrogens with zero attached hydrogens (tertiary/aromatic N) is 2. The Kier molecular flexibility index (Phi) is 7.47. The van der Waals surface area contributed by atoms with Gasteiger partial charge >= 0.3 is 5.97 Å². The Morgan fingerprint density at radius 1 is 1.00 bits per heavy atom. The van der Waals surface area contributed by atoms with Gasteiger partial charge in [-0.05, 0) is 42.0 Å². The summed E-state index contributed by atoms with van der Waals surface area (Å²) in [7, 11) is 2.88. The van der Waals surface area contributed by atoms with Crippen LogP contribution in [-0.2, 0) is 16.1 Å². The quantitative estimate of drug-likeness (QED) is 0.229. The van der Waals surface area contributed by atoms with Crippen LogP contribution < -0.4 is 15.6 Å². The number of esters is 1. The van der Waals surface area contributed by atoms with Crippen molar-refractivity contribution in [3.05, 3.63) is 94.3 Å². The van der Waals surface area contributed by atoms with Crippen LogP contribution in [0.5, 0.6) is 5.75 Å². The van der Waals surface area contributed by atoms with Crippen molar-refractivity contribution in [1.82, 2.24) is 14.9 Å². The zero-order valence-corrected chi connectivity index (χ0v) is 20.0. The number of rotatable bonds is 8. The summed E-state index contributed by atoms with van der Waals surface area (Å²) >= 11 is 1.17. The first-order valence-corrected chi connectivity index (χ1v) is 11.7. The monoisotopic (exact) mass is 489 g/mol. The van der Waals surface area contributed by atoms with Gasteiger partial charge in [0.25, 0.3) is 5.56 Å². The molecule has 0 fully saturated rings. The van der Waals surface area contributed by atoms with E-state index >= 15 is 0 Å². The Morgan fingerprint density at radius 2 is 1.77 bits per heavy atom. The highest BCUT2D eigenvalue weighted by Crippen LogP contribution is 2.23. The number of hydrogen-bond donors (Lipinski definition) is 1. The Hall–Kier alpha value is -4.11. The second kappa shape index (κ2) is 10.9. The van der Waals surface area contributed by atoms with E-state index in [9.17, 15) is 14.4 Å². The van der Waals surface area contributed by atoms with Gasteiger partial charge in [-0.15, -0.1) is 0 Å². The molecule has 3 aromatic carbocycles. The van der Waals surface area contributed by atoms with Crippen LogP contribution in [0.4, 0.5) is 0 Å². The lowest BCUT2D eigenvalue weighted by Gasteiger charge is -2.14. The van der Waals surface area contributed by atoms with Gasteiger partial charge in [0, 0.05) is 12.6 Å². The Labute approximate surface area is 205 Å². The fourth-order valence-corrected chi connectivity index (χ4v) is 4.29. The minimum atomic E-state index is -0.415. The van der Waals surface area contributed by atoms with E-state index in [1.807, 2.05) is 6.07 Å². The van der Waals surface area contributed by atoms with Crippen LogP contribution in [0.3, 0.4) is 0 Å². The van der Waals surface area contributed by atoms with E-state index in [2.05, 4.69) is 15.0 Å². The minimum Gasteiger partial charge on any atom is -0.497 e. The standard InChI is InChI=1S/C26H23N3O5S/c1-33-20-7-5-6-19(14-20)29-24(31)21-8-3-4-9-22(21)28-26(29)35-16-23(30)27-15-17-10-12-18(13-11-17)25(32)34-2/h3-14H,15-16H2,1-2H3,(H,27,30). The van der Waals surface area contributed by atoms with Crippen LogP contribution in [0.1, 0.15) is 15.9 Å². The summed E-state index contributed by atoms with van der Waals surface area (Å²) in [5.74, 6) is 0.0395. The molecule has 1 aromatic heterocycles. The summed E-state index contributed by atoms with van der Waals surface area (Å²) in [5, 5.41) is 3.74. The predicted molar refractivity (Wildman–Crippen MR) is 134 cm³/mol. The molecule has 0 bridgehead atoms. The van der Waals surface area contributed by atoms with Gasteiger partial charge in [-0.3, -0.25) is 14.2 Å². The predicted octanol–water partition coefficient (Wildman–Crippen LogP) is 3.59. The average molecular weight is 490 g/mol. The molecule has 8 nitrogen and oxygen atoms in total. The van der Waals surface area contributed by atoms with E-state index < -0.39 is 5.97 Å². The van der Waals surface area contributed by atoms with Crippen LogP contribution in [0.25, 0.3) is 16.6 Å². The molecule has 0 aliphatic carbocycles. The molecule has 4 rings (SSSR count). The fraction of sp³-hybridized carbons (Fsp3) is 0.154. The number of fused-ring (bicyclic) bond motifs is 1. The molecular formula is C26H23N3O5S. The van der Waals surface area contributed by atoms with Crippen molar-refractivity contribution in [1.29, 1.82) is 0 Å². The van der Waals surface area contributed by atoms with Gasteiger partial charge in [0.2, 0.25) is 5.91 Å². The lowest BCUT2D eigenvalue weighted by atomic mass is 10.1. The number of nitrogens with one attached hydrogen (secondary N) is 1. The van der Waals surface area contributed by atoms with Crippen LogP contribution >= 0.6 is 11.8 Å². The van der Waals surface area contributed by atoms with Gasteiger partial charge in [-0.25, -0.2) is 9.78 Å². The molecule has 1 heterocycles. The second-order valence-electron chi connectivity index (χ2n) is 7.51. The molecule has 0 saturated heterocycles. The maximum atomic E-state index is 13.3. The SMILES string of the molecule is COC(=O)c1ccc(CNC(=O)CSc2nc3ccccc3c(=O)n2-c2cccc(OC)c2)cc1. The molecule has 4 aromatic rings. The summed E-state index contributed by atoms with van der Waals surface area (Å²) in [5.41, 5.74) is 2.22. The number of amides is 1. The van der Waals surface area contributed by atoms with Crippen molar-refractivity contribution >= 4 is 34.5 Å². The van der Waals surface area contributed by atoms with Crippen LogP contribution in [0.2, 0.25) is 0 Å². The molecule has 0 unspecified atom stereocenters. The van der Waals surface area contributed by atoms with Crippen LogP contribution in [0, 0.1) is 0 Å². The molecule has 0 saturated carbocycles. The number of aromatic nitrogens is 2. The lowest BCUT2D eigenvalue weighted by Crippen LogP contribution is -2.26. The highest BCUT2D eigenvalue weighted by Gasteiger charge is 2.15. The summed E-state index contributed by atoms with van der Waals surface area (Å²) in [4.78, 5) is 42.1. The third-order valence-corrected chi connectivity index (χ3v) is 6.19. The van der Waals surface area contributed by atoms with Crippen LogP contribution in [-0.4, -0.2) is 41.4 Å². The number of benzene rings is 3. The molecule has 9 heteroatoms. The number of ether oxygens (including phenoxy) is 2. The van der Waals surface area contributed by atoms with Crippen molar-refractivity contribution in [2.45, 2.75) is 11.7 Å². The van der Waals surface area contributed by atoms with Crippen molar-refractivity contribution in [3.8, 4) is 11.4 Å². The first-order chi connectivity index (χ1) is 17.0. The smallest absolute Gasteiger partial charge is 0.337 e. The topological polar surface area (TPSA) is 99.5 Å². The molecule has 0 aliphatic heterocycles. The van der Waals surface area contributed by atoms with E-state index in [4.69, 9.17) is 4.74 Å². The fourth-order valence-electron chi connectivity index (χ4n) is 3.44. The zero-order valence-electron chi connectivity index (χ0n) is 19.2. The molecular weight excluding hydrogens is 466 g/mol. The number of thioether (sulfide) groups is 1. The highest BCUT2D eigenvalue weighted by atomic mass is 32.2. The van der Waals surface area contributed by atoms with Gasteiger partial charge in [-0.1, -0.05) is 42.1 Å². The molecule has 0 spiro atoms. The molecule has 0 radical (unpaired) electrons. The van der Waals surface area contributed by atoms with Crippen molar-refractivity contribution < 1.29 is 19.1 Å². The first-order valence-electron chi connectivity index (χ1n) is 10.7. The van der Waals surface area contributed by atoms with Crippen molar-refractivity contribution in [2.75, 3.05) is 20.0 Å². The summed E-state index contributed by atoms with van der Waals surface area (Å²) < 4.78 is 11.5. The van der Waals surface area contributed by atoms with Crippen LogP contribution in [0.15, 0.2) is 82.7 Å². The van der Waals surface area contributed by atoms with E-state index in [1.54, 1.807) is 73.8 Å². The number of carbonyl (C=O) groups is 2. The normalized spacial score (nSPS) is 10.7. The molecule has 1 amide bonds. The second-order valence-corrected chi connectivity index (χ2v) is 8.45. The third-order valence-electron chi connectivity index (χ3n) is 5.25. The molecule has 0 atom stereocenters. The molecule has 178 valence electrons. The van der Waals surface area contributed by atoms with Crippen molar-refractivity contribution in [2.24, 2.45) is 0 Å². The van der Waals surface area contributed by atoms with E-state index in [-0.39, 0.29) is 17.2 Å². The first kappa shape index (κ1) is 24.0. The Balaban J connectivity index is 1.53. The van der Waals surface area contributed by atoms with Gasteiger partial charge in [0.05, 0.1) is 42.1 Å². The van der Waals surface area contributed by atoms with E-state index in [0.717, 1.165) is 5.56 Å². The number of methoxy groups -OCH3 is 2.